The van der Waals surface area contributed by atoms with E-state index in [2.05, 4.69) is 10.6 Å². The van der Waals surface area contributed by atoms with E-state index in [9.17, 15) is 19.7 Å². The Morgan fingerprint density at radius 1 is 1.10 bits per heavy atom. The number of hydrogen-bond acceptors (Lipinski definition) is 7. The van der Waals surface area contributed by atoms with E-state index in [1.807, 2.05) is 0 Å². The average Bonchev–Trinajstić information content (AvgIpc) is 3.25. The van der Waals surface area contributed by atoms with E-state index in [0.29, 0.717) is 18.0 Å². The molecule has 0 saturated heterocycles. The normalized spacial score (nSPS) is 10.3. The number of hydrogen-bond donors (Lipinski definition) is 2. The Hall–Kier alpha value is -3.85. The van der Waals surface area contributed by atoms with Crippen molar-refractivity contribution in [3.05, 3.63) is 87.3 Å². The lowest BCUT2D eigenvalue weighted by Crippen LogP contribution is -2.22. The number of nitro benzene ring substituents is 1. The lowest BCUT2D eigenvalue weighted by Gasteiger charge is -2.11. The van der Waals surface area contributed by atoms with Crippen molar-refractivity contribution in [2.45, 2.75) is 6.54 Å². The topological polar surface area (TPSA) is 124 Å². The van der Waals surface area contributed by atoms with Gasteiger partial charge in [-0.25, -0.2) is 4.79 Å². The summed E-state index contributed by atoms with van der Waals surface area (Å²) in [6.07, 6.45) is 1.54. The first-order valence-corrected chi connectivity index (χ1v) is 9.08. The Morgan fingerprint density at radius 2 is 1.90 bits per heavy atom. The number of benzene rings is 2. The Bertz CT molecular complexity index is 1070. The third kappa shape index (κ3) is 5.36. The van der Waals surface area contributed by atoms with E-state index in [4.69, 9.17) is 20.8 Å². The zero-order valence-corrected chi connectivity index (χ0v) is 16.2. The molecule has 9 nitrogen and oxygen atoms in total. The summed E-state index contributed by atoms with van der Waals surface area (Å²) in [4.78, 5) is 34.9. The van der Waals surface area contributed by atoms with Gasteiger partial charge >= 0.3 is 5.97 Å². The van der Waals surface area contributed by atoms with Crippen molar-refractivity contribution in [2.75, 3.05) is 17.2 Å². The van der Waals surface area contributed by atoms with Crippen LogP contribution in [0, 0.1) is 10.1 Å². The van der Waals surface area contributed by atoms with Crippen LogP contribution < -0.4 is 10.6 Å². The number of halogens is 1. The van der Waals surface area contributed by atoms with Gasteiger partial charge in [0.15, 0.2) is 6.61 Å². The zero-order valence-electron chi connectivity index (χ0n) is 15.5. The SMILES string of the molecule is O=C(COC(=O)c1ccccc1NCc1ccco1)Nc1ccc(Cl)cc1[N+](=O)[O-]. The summed E-state index contributed by atoms with van der Waals surface area (Å²) < 4.78 is 10.3. The standard InChI is InChI=1S/C20H16ClN3O6/c21-13-7-8-17(18(10-13)24(27)28)23-19(25)12-30-20(26)15-5-1-2-6-16(15)22-11-14-4-3-9-29-14/h1-10,22H,11-12H2,(H,23,25). The molecule has 0 aliphatic rings. The van der Waals surface area contributed by atoms with Crippen LogP contribution in [0.5, 0.6) is 0 Å². The smallest absolute Gasteiger partial charge is 0.340 e. The second kappa shape index (κ2) is 9.57. The first-order valence-electron chi connectivity index (χ1n) is 8.70. The molecule has 0 saturated carbocycles. The maximum atomic E-state index is 12.4. The first kappa shape index (κ1) is 20.9. The Kier molecular flexibility index (Phi) is 6.66. The van der Waals surface area contributed by atoms with Crippen molar-refractivity contribution in [1.29, 1.82) is 0 Å². The number of anilines is 2. The summed E-state index contributed by atoms with van der Waals surface area (Å²) in [7, 11) is 0. The van der Waals surface area contributed by atoms with Crippen LogP contribution in [0.3, 0.4) is 0 Å². The molecule has 0 spiro atoms. The van der Waals surface area contributed by atoms with E-state index in [0.717, 1.165) is 6.07 Å². The number of ether oxygens (including phenoxy) is 1. The molecule has 30 heavy (non-hydrogen) atoms. The van der Waals surface area contributed by atoms with Gasteiger partial charge in [0, 0.05) is 16.8 Å². The Labute approximate surface area is 175 Å². The summed E-state index contributed by atoms with van der Waals surface area (Å²) >= 11 is 5.74. The molecule has 0 aliphatic carbocycles. The minimum atomic E-state index is -0.727. The van der Waals surface area contributed by atoms with Crippen molar-refractivity contribution in [3.63, 3.8) is 0 Å². The predicted octanol–water partition coefficient (Wildman–Crippen LogP) is 4.25. The molecule has 10 heteroatoms. The molecule has 3 rings (SSSR count). The monoisotopic (exact) mass is 429 g/mol. The van der Waals surface area contributed by atoms with Gasteiger partial charge in [0.1, 0.15) is 11.4 Å². The van der Waals surface area contributed by atoms with Crippen LogP contribution in [0.25, 0.3) is 0 Å². The molecule has 0 atom stereocenters. The van der Waals surface area contributed by atoms with Crippen molar-refractivity contribution in [2.24, 2.45) is 0 Å². The number of rotatable bonds is 8. The summed E-state index contributed by atoms with van der Waals surface area (Å²) in [6, 6.07) is 14.0. The molecule has 0 fully saturated rings. The molecule has 1 aromatic heterocycles. The van der Waals surface area contributed by atoms with E-state index in [1.54, 1.807) is 42.7 Å². The zero-order chi connectivity index (χ0) is 21.5. The number of amides is 1. The predicted molar refractivity (Wildman–Crippen MR) is 109 cm³/mol. The van der Waals surface area contributed by atoms with Gasteiger partial charge in [-0.1, -0.05) is 23.7 Å². The minimum absolute atomic E-state index is 0.0500. The van der Waals surface area contributed by atoms with E-state index < -0.39 is 23.4 Å². The highest BCUT2D eigenvalue weighted by molar-refractivity contribution is 6.31. The summed E-state index contributed by atoms with van der Waals surface area (Å²) in [6.45, 7) is -0.261. The fourth-order valence-electron chi connectivity index (χ4n) is 2.57. The number of esters is 1. The second-order valence-corrected chi connectivity index (χ2v) is 6.46. The number of carbonyl (C=O) groups excluding carboxylic acids is 2. The highest BCUT2D eigenvalue weighted by Crippen LogP contribution is 2.27. The van der Waals surface area contributed by atoms with Crippen LogP contribution in [0.15, 0.2) is 65.3 Å². The lowest BCUT2D eigenvalue weighted by atomic mass is 10.2. The van der Waals surface area contributed by atoms with Crippen LogP contribution >= 0.6 is 11.6 Å². The Morgan fingerprint density at radius 3 is 2.63 bits per heavy atom. The summed E-state index contributed by atoms with van der Waals surface area (Å²) in [5.74, 6) is -0.768. The average molecular weight is 430 g/mol. The molecule has 2 aromatic carbocycles. The molecule has 2 N–H and O–H groups in total. The van der Waals surface area contributed by atoms with Gasteiger partial charge in [0.2, 0.25) is 0 Å². The molecular formula is C20H16ClN3O6. The van der Waals surface area contributed by atoms with Crippen LogP contribution in [0.2, 0.25) is 5.02 Å². The second-order valence-electron chi connectivity index (χ2n) is 6.02. The molecule has 1 heterocycles. The van der Waals surface area contributed by atoms with Crippen molar-refractivity contribution in [3.8, 4) is 0 Å². The van der Waals surface area contributed by atoms with Gasteiger partial charge < -0.3 is 19.8 Å². The number of nitrogens with zero attached hydrogens (tertiary/aromatic N) is 1. The molecular weight excluding hydrogens is 414 g/mol. The number of carbonyl (C=O) groups is 2. The molecule has 0 bridgehead atoms. The van der Waals surface area contributed by atoms with Gasteiger partial charge in [0.25, 0.3) is 11.6 Å². The fraction of sp³-hybridized carbons (Fsp3) is 0.100. The molecule has 0 aliphatic heterocycles. The van der Waals surface area contributed by atoms with Crippen LogP contribution in [0.1, 0.15) is 16.1 Å². The number of nitro groups is 1. The molecule has 1 amide bonds. The highest BCUT2D eigenvalue weighted by Gasteiger charge is 2.18. The van der Waals surface area contributed by atoms with E-state index in [1.165, 1.54) is 12.1 Å². The maximum absolute atomic E-state index is 12.4. The van der Waals surface area contributed by atoms with Gasteiger partial charge in [-0.2, -0.15) is 0 Å². The number of furan rings is 1. The van der Waals surface area contributed by atoms with Gasteiger partial charge in [0.05, 0.1) is 23.3 Å². The molecule has 154 valence electrons. The lowest BCUT2D eigenvalue weighted by molar-refractivity contribution is -0.383. The molecule has 3 aromatic rings. The maximum Gasteiger partial charge on any atom is 0.340 e. The van der Waals surface area contributed by atoms with Crippen LogP contribution in [0.4, 0.5) is 17.1 Å². The third-order valence-corrected chi connectivity index (χ3v) is 4.18. The summed E-state index contributed by atoms with van der Waals surface area (Å²) in [5, 5.41) is 16.7. The van der Waals surface area contributed by atoms with E-state index >= 15 is 0 Å². The van der Waals surface area contributed by atoms with Gasteiger partial charge in [-0.3, -0.25) is 14.9 Å². The number of para-hydroxylation sites is 1. The van der Waals surface area contributed by atoms with E-state index in [-0.39, 0.29) is 22.0 Å². The van der Waals surface area contributed by atoms with Crippen molar-refractivity contribution < 1.29 is 23.7 Å². The number of nitrogens with one attached hydrogen (secondary N) is 2. The first-order chi connectivity index (χ1) is 14.4. The van der Waals surface area contributed by atoms with Crippen LogP contribution in [-0.4, -0.2) is 23.4 Å². The van der Waals surface area contributed by atoms with Gasteiger partial charge in [-0.05, 0) is 36.4 Å². The largest absolute Gasteiger partial charge is 0.467 e. The van der Waals surface area contributed by atoms with Gasteiger partial charge in [-0.15, -0.1) is 0 Å². The minimum Gasteiger partial charge on any atom is -0.467 e. The van der Waals surface area contributed by atoms with Crippen molar-refractivity contribution in [1.82, 2.24) is 0 Å². The quantitative estimate of drug-likeness (QED) is 0.311. The van der Waals surface area contributed by atoms with Crippen molar-refractivity contribution >= 4 is 40.5 Å². The van der Waals surface area contributed by atoms with Crippen LogP contribution in [-0.2, 0) is 16.1 Å². The summed E-state index contributed by atoms with van der Waals surface area (Å²) in [5.41, 5.74) is 0.322. The Balaban J connectivity index is 1.61. The highest BCUT2D eigenvalue weighted by atomic mass is 35.5. The third-order valence-electron chi connectivity index (χ3n) is 3.95. The fourth-order valence-corrected chi connectivity index (χ4v) is 2.73. The molecule has 0 unspecified atom stereocenters. The molecule has 0 radical (unpaired) electrons.